The number of pyridine rings is 1. The van der Waals surface area contributed by atoms with Crippen LogP contribution in [0.3, 0.4) is 0 Å². The molecule has 0 unspecified atom stereocenters. The maximum atomic E-state index is 12.5. The third-order valence-electron chi connectivity index (χ3n) is 4.77. The van der Waals surface area contributed by atoms with E-state index in [0.717, 1.165) is 17.7 Å². The Balaban J connectivity index is 1.82. The molecular weight excluding hydrogens is 356 g/mol. The van der Waals surface area contributed by atoms with Crippen LogP contribution in [0.5, 0.6) is 0 Å². The summed E-state index contributed by atoms with van der Waals surface area (Å²) >= 11 is 0. The number of hydrogen-bond acceptors (Lipinski definition) is 7. The summed E-state index contributed by atoms with van der Waals surface area (Å²) in [7, 11) is 0. The summed E-state index contributed by atoms with van der Waals surface area (Å²) < 4.78 is 3.16. The molecule has 0 aromatic carbocycles. The summed E-state index contributed by atoms with van der Waals surface area (Å²) in [4.78, 5) is 17.0. The molecule has 0 amide bonds. The number of anilines is 2. The van der Waals surface area contributed by atoms with Crippen LogP contribution in [0.4, 0.5) is 11.6 Å². The molecule has 3 rings (SSSR count). The second kappa shape index (κ2) is 8.10. The van der Waals surface area contributed by atoms with Gasteiger partial charge < -0.3 is 21.4 Å². The lowest BCUT2D eigenvalue weighted by molar-refractivity contribution is 0.624. The van der Waals surface area contributed by atoms with Gasteiger partial charge in [0.05, 0.1) is 5.69 Å². The molecule has 0 saturated carbocycles. The van der Waals surface area contributed by atoms with E-state index in [2.05, 4.69) is 21.5 Å². The number of nitrogens with two attached hydrogens (primary N) is 2. The van der Waals surface area contributed by atoms with Crippen molar-refractivity contribution >= 4 is 17.3 Å². The first-order valence-corrected chi connectivity index (χ1v) is 9.15. The quantitative estimate of drug-likeness (QED) is 0.554. The average Bonchev–Trinajstić information content (AvgIpc) is 2.97. The van der Waals surface area contributed by atoms with Gasteiger partial charge in [-0.1, -0.05) is 6.07 Å². The van der Waals surface area contributed by atoms with Crippen LogP contribution >= 0.6 is 0 Å². The zero-order valence-corrected chi connectivity index (χ0v) is 16.1. The van der Waals surface area contributed by atoms with Crippen LogP contribution in [0.15, 0.2) is 23.1 Å². The molecule has 146 valence electrons. The molecule has 0 spiro atoms. The van der Waals surface area contributed by atoms with Crippen molar-refractivity contribution in [2.75, 3.05) is 24.1 Å². The van der Waals surface area contributed by atoms with Crippen molar-refractivity contribution < 1.29 is 0 Å². The normalized spacial score (nSPS) is 10.9. The number of aryl methyl sites for hydroxylation is 3. The summed E-state index contributed by atoms with van der Waals surface area (Å²) in [6, 6.07) is 5.75. The van der Waals surface area contributed by atoms with Gasteiger partial charge in [-0.3, -0.25) is 4.79 Å². The van der Waals surface area contributed by atoms with Crippen molar-refractivity contribution in [1.29, 1.82) is 5.26 Å². The number of nitrogens with zero attached hydrogens (tertiary/aromatic N) is 5. The maximum Gasteiger partial charge on any atom is 0.253 e. The van der Waals surface area contributed by atoms with E-state index in [1.165, 1.54) is 4.52 Å². The minimum atomic E-state index is -0.0246. The first kappa shape index (κ1) is 19.4. The van der Waals surface area contributed by atoms with Gasteiger partial charge in [-0.15, -0.1) is 0 Å². The van der Waals surface area contributed by atoms with Crippen LogP contribution in [0, 0.1) is 25.2 Å². The molecule has 0 bridgehead atoms. The monoisotopic (exact) mass is 380 g/mol. The van der Waals surface area contributed by atoms with Gasteiger partial charge in [0.2, 0.25) is 0 Å². The highest BCUT2D eigenvalue weighted by atomic mass is 16.1. The minimum absolute atomic E-state index is 0.0246. The lowest BCUT2D eigenvalue weighted by atomic mass is 10.2. The Hall–Kier alpha value is -3.38. The number of fused-ring (bicyclic) bond motifs is 1. The number of nitrogen functional groups attached to an aromatic ring is 1. The fraction of sp³-hybridized carbons (Fsp3) is 0.368. The molecule has 5 N–H and O–H groups in total. The molecule has 0 fully saturated rings. The van der Waals surface area contributed by atoms with Crippen molar-refractivity contribution in [3.8, 4) is 6.07 Å². The molecule has 0 aliphatic heterocycles. The fourth-order valence-corrected chi connectivity index (χ4v) is 3.05. The molecular formula is C19H24N8O. The van der Waals surface area contributed by atoms with Crippen molar-refractivity contribution in [1.82, 2.24) is 19.2 Å². The largest absolute Gasteiger partial charge is 0.382 e. The smallest absolute Gasteiger partial charge is 0.253 e. The van der Waals surface area contributed by atoms with Crippen LogP contribution < -0.4 is 22.3 Å². The summed E-state index contributed by atoms with van der Waals surface area (Å²) in [5.74, 6) is 0.643. The van der Waals surface area contributed by atoms with Crippen molar-refractivity contribution in [2.24, 2.45) is 5.73 Å². The van der Waals surface area contributed by atoms with E-state index in [9.17, 15) is 10.1 Å². The van der Waals surface area contributed by atoms with Gasteiger partial charge in [0.15, 0.2) is 5.65 Å². The predicted molar refractivity (Wildman–Crippen MR) is 108 cm³/mol. The number of hydrogen-bond donors (Lipinski definition) is 3. The Bertz CT molecular complexity index is 1110. The summed E-state index contributed by atoms with van der Waals surface area (Å²) in [5, 5.41) is 17.0. The fourth-order valence-electron chi connectivity index (χ4n) is 3.05. The van der Waals surface area contributed by atoms with Gasteiger partial charge in [0, 0.05) is 30.4 Å². The Morgan fingerprint density at radius 1 is 1.36 bits per heavy atom. The molecule has 3 heterocycles. The van der Waals surface area contributed by atoms with Crippen LogP contribution in [0.2, 0.25) is 0 Å². The Labute approximate surface area is 162 Å². The van der Waals surface area contributed by atoms with E-state index in [-0.39, 0.29) is 16.9 Å². The minimum Gasteiger partial charge on any atom is -0.382 e. The van der Waals surface area contributed by atoms with E-state index in [0.29, 0.717) is 43.1 Å². The molecule has 9 heteroatoms. The van der Waals surface area contributed by atoms with Gasteiger partial charge in [0.1, 0.15) is 23.3 Å². The maximum absolute atomic E-state index is 12.5. The number of nitriles is 1. The van der Waals surface area contributed by atoms with Gasteiger partial charge >= 0.3 is 0 Å². The second-order valence-electron chi connectivity index (χ2n) is 6.63. The molecule has 3 aromatic rings. The van der Waals surface area contributed by atoms with Crippen LogP contribution in [-0.4, -0.2) is 32.3 Å². The number of rotatable bonds is 7. The zero-order chi connectivity index (χ0) is 20.3. The molecule has 0 saturated heterocycles. The zero-order valence-electron chi connectivity index (χ0n) is 16.1. The highest BCUT2D eigenvalue weighted by Crippen LogP contribution is 2.24. The van der Waals surface area contributed by atoms with E-state index in [1.54, 1.807) is 10.8 Å². The standard InChI is InChI=1S/C19H24N8O/c1-12-13(2)25-27-16(22)15(11-21)17(24-18(12)27)23-8-6-14-5-3-9-26(19(14)28)10-4-7-20/h3,5,9H,4,6-8,10,20,22H2,1-2H3,(H,23,24). The molecule has 0 radical (unpaired) electrons. The molecule has 28 heavy (non-hydrogen) atoms. The summed E-state index contributed by atoms with van der Waals surface area (Å²) in [6.45, 7) is 5.36. The van der Waals surface area contributed by atoms with E-state index in [4.69, 9.17) is 11.5 Å². The third kappa shape index (κ3) is 3.54. The first-order chi connectivity index (χ1) is 13.5. The number of aromatic nitrogens is 4. The van der Waals surface area contributed by atoms with Crippen LogP contribution in [-0.2, 0) is 13.0 Å². The summed E-state index contributed by atoms with van der Waals surface area (Å²) in [6.07, 6.45) is 3.02. The molecule has 0 aliphatic carbocycles. The van der Waals surface area contributed by atoms with Crippen LogP contribution in [0.1, 0.15) is 28.8 Å². The van der Waals surface area contributed by atoms with Gasteiger partial charge in [-0.25, -0.2) is 4.98 Å². The second-order valence-corrected chi connectivity index (χ2v) is 6.63. The van der Waals surface area contributed by atoms with E-state index < -0.39 is 0 Å². The molecule has 3 aromatic heterocycles. The Kier molecular flexibility index (Phi) is 5.61. The highest BCUT2D eigenvalue weighted by Gasteiger charge is 2.17. The van der Waals surface area contributed by atoms with Crippen molar-refractivity contribution in [3.63, 3.8) is 0 Å². The first-order valence-electron chi connectivity index (χ1n) is 9.15. The van der Waals surface area contributed by atoms with Crippen molar-refractivity contribution in [2.45, 2.75) is 33.2 Å². The average molecular weight is 380 g/mol. The van der Waals surface area contributed by atoms with Crippen molar-refractivity contribution in [3.05, 3.63) is 51.1 Å². The topological polar surface area (TPSA) is 140 Å². The van der Waals surface area contributed by atoms with E-state index >= 15 is 0 Å². The SMILES string of the molecule is Cc1nn2c(N)c(C#N)c(NCCc3cccn(CCCN)c3=O)nc2c1C. The molecule has 0 atom stereocenters. The van der Waals surface area contributed by atoms with Gasteiger partial charge in [-0.05, 0) is 39.3 Å². The lowest BCUT2D eigenvalue weighted by Gasteiger charge is -2.11. The predicted octanol–water partition coefficient (Wildman–Crippen LogP) is 0.965. The Morgan fingerprint density at radius 3 is 2.86 bits per heavy atom. The third-order valence-corrected chi connectivity index (χ3v) is 4.77. The van der Waals surface area contributed by atoms with Crippen LogP contribution in [0.25, 0.3) is 5.65 Å². The lowest BCUT2D eigenvalue weighted by Crippen LogP contribution is -2.25. The van der Waals surface area contributed by atoms with Gasteiger partial charge in [-0.2, -0.15) is 14.9 Å². The molecule has 0 aliphatic rings. The number of nitrogens with one attached hydrogen (secondary N) is 1. The highest BCUT2D eigenvalue weighted by molar-refractivity contribution is 5.69. The van der Waals surface area contributed by atoms with Gasteiger partial charge in [0.25, 0.3) is 5.56 Å². The van der Waals surface area contributed by atoms with E-state index in [1.807, 2.05) is 26.0 Å². The molecule has 9 nitrogen and oxygen atoms in total. The summed E-state index contributed by atoms with van der Waals surface area (Å²) in [5.41, 5.74) is 14.9. The Morgan fingerprint density at radius 2 is 2.14 bits per heavy atom.